The van der Waals surface area contributed by atoms with Crippen LogP contribution >= 0.6 is 0 Å². The van der Waals surface area contributed by atoms with Crippen LogP contribution in [0.25, 0.3) is 0 Å². The molecule has 0 aliphatic rings. The van der Waals surface area contributed by atoms with E-state index in [2.05, 4.69) is 39.2 Å². The largest absolute Gasteiger partial charge is 0.369 e. The first-order valence-electron chi connectivity index (χ1n) is 8.59. The van der Waals surface area contributed by atoms with Crippen LogP contribution in [0.3, 0.4) is 0 Å². The fourth-order valence-corrected chi connectivity index (χ4v) is 2.76. The fourth-order valence-electron chi connectivity index (χ4n) is 2.76. The number of aryl methyl sites for hydroxylation is 2. The lowest BCUT2D eigenvalue weighted by molar-refractivity contribution is 0.401. The summed E-state index contributed by atoms with van der Waals surface area (Å²) in [6.45, 7) is 5.18. The van der Waals surface area contributed by atoms with Gasteiger partial charge in [-0.1, -0.05) is 60.7 Å². The maximum absolute atomic E-state index is 6.34. The van der Waals surface area contributed by atoms with Gasteiger partial charge in [-0.15, -0.1) is 0 Å². The number of hydrogen-bond acceptors (Lipinski definition) is 3. The average molecular weight is 345 g/mol. The van der Waals surface area contributed by atoms with Crippen LogP contribution in [0.2, 0.25) is 0 Å². The lowest BCUT2D eigenvalue weighted by Gasteiger charge is -2.23. The van der Waals surface area contributed by atoms with Crippen molar-refractivity contribution in [3.8, 4) is 0 Å². The lowest BCUT2D eigenvalue weighted by atomic mass is 10.2. The van der Waals surface area contributed by atoms with E-state index >= 15 is 0 Å². The van der Waals surface area contributed by atoms with Crippen LogP contribution < -0.4 is 5.73 Å². The van der Waals surface area contributed by atoms with Crippen LogP contribution in [0, 0.1) is 13.8 Å². The molecule has 0 atom stereocenters. The normalized spacial score (nSPS) is 11.4. The molecule has 0 bridgehead atoms. The Kier molecular flexibility index (Phi) is 5.59. The van der Waals surface area contributed by atoms with Gasteiger partial charge in [-0.3, -0.25) is 0 Å². The second-order valence-corrected chi connectivity index (χ2v) is 6.25. The van der Waals surface area contributed by atoms with E-state index in [-0.39, 0.29) is 0 Å². The molecular formula is C21H23N5. The summed E-state index contributed by atoms with van der Waals surface area (Å²) in [6.07, 6.45) is 0. The van der Waals surface area contributed by atoms with Crippen molar-refractivity contribution >= 4 is 11.9 Å². The second-order valence-electron chi connectivity index (χ2n) is 6.25. The van der Waals surface area contributed by atoms with Crippen LogP contribution in [-0.2, 0) is 13.1 Å². The Morgan fingerprint density at radius 2 is 1.31 bits per heavy atom. The minimum atomic E-state index is 0.395. The predicted octanol–water partition coefficient (Wildman–Crippen LogP) is 3.74. The van der Waals surface area contributed by atoms with Gasteiger partial charge in [-0.05, 0) is 31.0 Å². The minimum Gasteiger partial charge on any atom is -0.369 e. The van der Waals surface area contributed by atoms with E-state index in [9.17, 15) is 0 Å². The first kappa shape index (κ1) is 17.6. The standard InChI is InChI=1S/C21H23N5/c1-16-13-17(2)24-21(23-16)25-20(22)26(14-18-9-5-3-6-10-18)15-19-11-7-4-8-12-19/h3-13H,14-15H2,1-2H3,(H2,22,23,24,25). The average Bonchev–Trinajstić information content (AvgIpc) is 2.62. The second kappa shape index (κ2) is 8.25. The molecule has 0 aliphatic carbocycles. The molecule has 0 fully saturated rings. The summed E-state index contributed by atoms with van der Waals surface area (Å²) in [6, 6.07) is 22.4. The third kappa shape index (κ3) is 4.89. The van der Waals surface area contributed by atoms with Crippen LogP contribution in [0.15, 0.2) is 71.7 Å². The molecule has 2 N–H and O–H groups in total. The number of rotatable bonds is 5. The first-order valence-corrected chi connectivity index (χ1v) is 8.59. The number of nitrogens with two attached hydrogens (primary N) is 1. The summed E-state index contributed by atoms with van der Waals surface area (Å²) < 4.78 is 0. The molecule has 5 heteroatoms. The lowest BCUT2D eigenvalue weighted by Crippen LogP contribution is -2.36. The maximum Gasteiger partial charge on any atom is 0.253 e. The molecular weight excluding hydrogens is 322 g/mol. The molecule has 1 aromatic heterocycles. The Balaban J connectivity index is 1.89. The number of aromatic nitrogens is 2. The molecule has 0 aliphatic heterocycles. The summed E-state index contributed by atoms with van der Waals surface area (Å²) in [5.41, 5.74) is 10.4. The molecule has 2 aromatic carbocycles. The van der Waals surface area contributed by atoms with Gasteiger partial charge >= 0.3 is 0 Å². The smallest absolute Gasteiger partial charge is 0.253 e. The zero-order valence-electron chi connectivity index (χ0n) is 15.1. The van der Waals surface area contributed by atoms with Crippen molar-refractivity contribution in [1.29, 1.82) is 0 Å². The Hall–Kier alpha value is -3.21. The van der Waals surface area contributed by atoms with E-state index < -0.39 is 0 Å². The Morgan fingerprint density at radius 3 is 1.77 bits per heavy atom. The zero-order valence-corrected chi connectivity index (χ0v) is 15.1. The third-order valence-electron chi connectivity index (χ3n) is 3.94. The van der Waals surface area contributed by atoms with Gasteiger partial charge in [-0.25, -0.2) is 9.97 Å². The Bertz CT molecular complexity index is 814. The van der Waals surface area contributed by atoms with E-state index in [4.69, 9.17) is 5.73 Å². The van der Waals surface area contributed by atoms with Crippen molar-refractivity contribution in [2.75, 3.05) is 0 Å². The molecule has 132 valence electrons. The predicted molar refractivity (Wildman–Crippen MR) is 105 cm³/mol. The third-order valence-corrected chi connectivity index (χ3v) is 3.94. The van der Waals surface area contributed by atoms with Crippen molar-refractivity contribution in [3.05, 3.63) is 89.2 Å². The van der Waals surface area contributed by atoms with Gasteiger partial charge in [0, 0.05) is 24.5 Å². The van der Waals surface area contributed by atoms with E-state index in [1.807, 2.05) is 61.2 Å². The molecule has 0 radical (unpaired) electrons. The van der Waals surface area contributed by atoms with Gasteiger partial charge in [0.15, 0.2) is 5.96 Å². The van der Waals surface area contributed by atoms with Gasteiger partial charge < -0.3 is 10.6 Å². The van der Waals surface area contributed by atoms with Gasteiger partial charge in [0.25, 0.3) is 5.95 Å². The molecule has 0 unspecified atom stereocenters. The summed E-state index contributed by atoms with van der Waals surface area (Å²) in [5.74, 6) is 0.800. The molecule has 0 saturated heterocycles. The monoisotopic (exact) mass is 345 g/mol. The zero-order chi connectivity index (χ0) is 18.4. The highest BCUT2D eigenvalue weighted by molar-refractivity contribution is 5.80. The van der Waals surface area contributed by atoms with Gasteiger partial charge in [0.05, 0.1) is 0 Å². The van der Waals surface area contributed by atoms with Crippen molar-refractivity contribution in [3.63, 3.8) is 0 Å². The highest BCUT2D eigenvalue weighted by atomic mass is 15.3. The van der Waals surface area contributed by atoms with Gasteiger partial charge in [0.2, 0.25) is 0 Å². The highest BCUT2D eigenvalue weighted by Gasteiger charge is 2.11. The summed E-state index contributed by atoms with van der Waals surface area (Å²) in [4.78, 5) is 15.2. The van der Waals surface area contributed by atoms with Gasteiger partial charge in [0.1, 0.15) is 0 Å². The first-order chi connectivity index (χ1) is 12.6. The van der Waals surface area contributed by atoms with Crippen LogP contribution in [0.1, 0.15) is 22.5 Å². The Labute approximate surface area is 154 Å². The molecule has 0 saturated carbocycles. The molecule has 1 heterocycles. The number of hydrogen-bond donors (Lipinski definition) is 1. The molecule has 26 heavy (non-hydrogen) atoms. The Morgan fingerprint density at radius 1 is 0.846 bits per heavy atom. The number of nitrogens with zero attached hydrogens (tertiary/aromatic N) is 4. The molecule has 3 rings (SSSR count). The molecule has 0 spiro atoms. The molecule has 5 nitrogen and oxygen atoms in total. The summed E-state index contributed by atoms with van der Waals surface area (Å²) in [5, 5.41) is 0. The van der Waals surface area contributed by atoms with Gasteiger partial charge in [-0.2, -0.15) is 4.99 Å². The minimum absolute atomic E-state index is 0.395. The summed E-state index contributed by atoms with van der Waals surface area (Å²) >= 11 is 0. The van der Waals surface area contributed by atoms with Crippen molar-refractivity contribution in [2.45, 2.75) is 26.9 Å². The number of benzene rings is 2. The van der Waals surface area contributed by atoms with Crippen LogP contribution in [0.4, 0.5) is 5.95 Å². The molecule has 0 amide bonds. The summed E-state index contributed by atoms with van der Waals surface area (Å²) in [7, 11) is 0. The van der Waals surface area contributed by atoms with E-state index in [1.165, 1.54) is 11.1 Å². The van der Waals surface area contributed by atoms with E-state index in [1.54, 1.807) is 0 Å². The van der Waals surface area contributed by atoms with Crippen molar-refractivity contribution in [1.82, 2.24) is 14.9 Å². The topological polar surface area (TPSA) is 67.4 Å². The maximum atomic E-state index is 6.34. The molecule has 3 aromatic rings. The van der Waals surface area contributed by atoms with Crippen LogP contribution in [0.5, 0.6) is 0 Å². The van der Waals surface area contributed by atoms with Crippen molar-refractivity contribution in [2.24, 2.45) is 10.7 Å². The van der Waals surface area contributed by atoms with E-state index in [0.29, 0.717) is 25.0 Å². The quantitative estimate of drug-likeness (QED) is 0.565. The number of aliphatic imine (C=N–C) groups is 1. The SMILES string of the molecule is Cc1cc(C)nc(N=C(N)N(Cc2ccccc2)Cc2ccccc2)n1. The van der Waals surface area contributed by atoms with Crippen molar-refractivity contribution < 1.29 is 0 Å². The highest BCUT2D eigenvalue weighted by Crippen LogP contribution is 2.13. The van der Waals surface area contributed by atoms with E-state index in [0.717, 1.165) is 11.4 Å². The number of guanidine groups is 1. The van der Waals surface area contributed by atoms with Crippen LogP contribution in [-0.4, -0.2) is 20.8 Å². The fraction of sp³-hybridized carbons (Fsp3) is 0.190.